The number of methoxy groups -OCH3 is 1. The van der Waals surface area contributed by atoms with Crippen LogP contribution in [0, 0.1) is 0 Å². The van der Waals surface area contributed by atoms with Gasteiger partial charge in [0.25, 0.3) is 0 Å². The monoisotopic (exact) mass is 624 g/mol. The molecule has 238 valence electrons. The van der Waals surface area contributed by atoms with E-state index < -0.39 is 17.5 Å². The van der Waals surface area contributed by atoms with E-state index in [-0.39, 0.29) is 37.6 Å². The second-order valence-electron chi connectivity index (χ2n) is 10.5. The number of benzene rings is 4. The van der Waals surface area contributed by atoms with Crippen LogP contribution in [-0.2, 0) is 24.6 Å². The normalized spacial score (nSPS) is 15.0. The van der Waals surface area contributed by atoms with Crippen molar-refractivity contribution in [2.45, 2.75) is 12.5 Å². The Morgan fingerprint density at radius 1 is 0.826 bits per heavy atom. The van der Waals surface area contributed by atoms with Crippen molar-refractivity contribution < 1.29 is 43.1 Å². The topological polar surface area (TPSA) is 110 Å². The van der Waals surface area contributed by atoms with E-state index >= 15 is 0 Å². The first-order valence-electron chi connectivity index (χ1n) is 14.9. The first kappa shape index (κ1) is 32.3. The lowest BCUT2D eigenvalue weighted by Gasteiger charge is -2.37. The van der Waals surface area contributed by atoms with Crippen LogP contribution in [0.15, 0.2) is 97.1 Å². The smallest absolute Gasteiger partial charge is 0.342 e. The molecular weight excluding hydrogens is 588 g/mol. The van der Waals surface area contributed by atoms with Gasteiger partial charge in [-0.3, -0.25) is 0 Å². The molecule has 4 aromatic rings. The maximum atomic E-state index is 13.3. The highest BCUT2D eigenvalue weighted by Gasteiger charge is 2.40. The molecule has 1 aliphatic rings. The van der Waals surface area contributed by atoms with Crippen LogP contribution in [-0.4, -0.2) is 63.8 Å². The van der Waals surface area contributed by atoms with Gasteiger partial charge in [-0.1, -0.05) is 73.3 Å². The first-order chi connectivity index (χ1) is 22.4. The predicted octanol–water partition coefficient (Wildman–Crippen LogP) is 5.86. The van der Waals surface area contributed by atoms with Crippen LogP contribution in [0.3, 0.4) is 0 Å². The Balaban J connectivity index is 1.56. The van der Waals surface area contributed by atoms with Gasteiger partial charge in [0, 0.05) is 33.0 Å². The molecule has 0 saturated carbocycles. The number of carbonyl (C=O) groups excluding carboxylic acids is 2. The minimum atomic E-state index is -1.05. The van der Waals surface area contributed by atoms with E-state index in [1.807, 2.05) is 91.0 Å². The third-order valence-corrected chi connectivity index (χ3v) is 7.42. The average Bonchev–Trinajstić information content (AvgIpc) is 3.09. The summed E-state index contributed by atoms with van der Waals surface area (Å²) in [7, 11) is 1.31. The number of aliphatic hydroxyl groups excluding tert-OH is 1. The van der Waals surface area contributed by atoms with Gasteiger partial charge in [-0.25, -0.2) is 9.59 Å². The van der Waals surface area contributed by atoms with Crippen molar-refractivity contribution in [2.75, 3.05) is 46.8 Å². The summed E-state index contributed by atoms with van der Waals surface area (Å²) in [5.41, 5.74) is 1.66. The van der Waals surface area contributed by atoms with Crippen molar-refractivity contribution in [3.8, 4) is 17.2 Å². The lowest BCUT2D eigenvalue weighted by Crippen LogP contribution is -2.34. The van der Waals surface area contributed by atoms with Gasteiger partial charge in [-0.05, 0) is 31.2 Å². The third-order valence-electron chi connectivity index (χ3n) is 7.42. The zero-order valence-corrected chi connectivity index (χ0v) is 25.8. The fourth-order valence-electron chi connectivity index (χ4n) is 5.26. The number of esters is 2. The highest BCUT2D eigenvalue weighted by atomic mass is 16.6. The molecule has 4 aromatic carbocycles. The molecule has 0 fully saturated rings. The molecule has 0 bridgehead atoms. The Labute approximate surface area is 267 Å². The van der Waals surface area contributed by atoms with E-state index in [9.17, 15) is 9.59 Å². The highest BCUT2D eigenvalue weighted by Crippen LogP contribution is 2.49. The van der Waals surface area contributed by atoms with Crippen LogP contribution in [0.2, 0.25) is 0 Å². The van der Waals surface area contributed by atoms with Crippen LogP contribution in [0.5, 0.6) is 17.2 Å². The van der Waals surface area contributed by atoms with Gasteiger partial charge in [0.05, 0.1) is 26.9 Å². The van der Waals surface area contributed by atoms with Gasteiger partial charge in [-0.15, -0.1) is 0 Å². The van der Waals surface area contributed by atoms with E-state index in [4.69, 9.17) is 33.5 Å². The van der Waals surface area contributed by atoms with Crippen molar-refractivity contribution >= 4 is 28.8 Å². The van der Waals surface area contributed by atoms with Gasteiger partial charge in [0.15, 0.2) is 5.60 Å². The molecule has 1 atom stereocenters. The maximum absolute atomic E-state index is 13.3. The quantitative estimate of drug-likeness (QED) is 0.105. The SMILES string of the molecule is C=C(C)C(=O)OCCOc1c(C(=O)OC)c2c(c3ccccc13)OC(c1ccccc1)(c1ccc(OCCOCCO)cc1)C=C2. The number of fused-ring (bicyclic) bond motifs is 3. The lowest BCUT2D eigenvalue weighted by atomic mass is 9.82. The second kappa shape index (κ2) is 14.8. The molecular formula is C37H36O9. The Morgan fingerprint density at radius 2 is 1.50 bits per heavy atom. The third kappa shape index (κ3) is 6.75. The Morgan fingerprint density at radius 3 is 2.20 bits per heavy atom. The molecule has 1 unspecified atom stereocenters. The van der Waals surface area contributed by atoms with Gasteiger partial charge in [0.1, 0.15) is 42.6 Å². The number of ether oxygens (including phenoxy) is 6. The minimum absolute atomic E-state index is 0.00625. The highest BCUT2D eigenvalue weighted by molar-refractivity contribution is 6.08. The first-order valence-corrected chi connectivity index (χ1v) is 14.9. The molecule has 0 aromatic heterocycles. The van der Waals surface area contributed by atoms with Gasteiger partial charge in [-0.2, -0.15) is 0 Å². The maximum Gasteiger partial charge on any atom is 0.342 e. The molecule has 1 N–H and O–H groups in total. The fourth-order valence-corrected chi connectivity index (χ4v) is 5.26. The van der Waals surface area contributed by atoms with Crippen LogP contribution in [0.25, 0.3) is 16.8 Å². The number of hydrogen-bond acceptors (Lipinski definition) is 9. The molecule has 46 heavy (non-hydrogen) atoms. The zero-order chi connectivity index (χ0) is 32.5. The molecule has 0 saturated heterocycles. The summed E-state index contributed by atoms with van der Waals surface area (Å²) in [5.74, 6) is 0.337. The number of rotatable bonds is 14. The molecule has 0 radical (unpaired) electrons. The summed E-state index contributed by atoms with van der Waals surface area (Å²) < 4.78 is 34.7. The van der Waals surface area contributed by atoms with Gasteiger partial charge < -0.3 is 33.5 Å². The summed E-state index contributed by atoms with van der Waals surface area (Å²) in [6, 6.07) is 24.9. The Hall–Kier alpha value is -5.12. The molecule has 0 spiro atoms. The molecule has 5 rings (SSSR count). The van der Waals surface area contributed by atoms with Crippen molar-refractivity contribution in [1.29, 1.82) is 0 Å². The molecule has 1 heterocycles. The summed E-state index contributed by atoms with van der Waals surface area (Å²) in [5, 5.41) is 10.3. The Kier molecular flexibility index (Phi) is 10.4. The van der Waals surface area contributed by atoms with Crippen LogP contribution in [0.1, 0.15) is 34.0 Å². The molecule has 1 aliphatic heterocycles. The number of aliphatic hydroxyl groups is 1. The summed E-state index contributed by atoms with van der Waals surface area (Å²) in [4.78, 5) is 25.2. The summed E-state index contributed by atoms with van der Waals surface area (Å²) in [6.07, 6.45) is 3.78. The van der Waals surface area contributed by atoms with Crippen molar-refractivity contribution in [1.82, 2.24) is 0 Å². The van der Waals surface area contributed by atoms with Crippen LogP contribution in [0.4, 0.5) is 0 Å². The van der Waals surface area contributed by atoms with Crippen molar-refractivity contribution in [2.24, 2.45) is 0 Å². The van der Waals surface area contributed by atoms with Crippen molar-refractivity contribution in [3.05, 3.63) is 119 Å². The average molecular weight is 625 g/mol. The largest absolute Gasteiger partial charge is 0.491 e. The molecule has 9 nitrogen and oxygen atoms in total. The van der Waals surface area contributed by atoms with E-state index in [0.717, 1.165) is 16.5 Å². The predicted molar refractivity (Wildman–Crippen MR) is 173 cm³/mol. The molecule has 0 amide bonds. The standard InChI is InChI=1S/C37H36O9/c1-25(2)35(39)45-24-23-44-34-30-12-8-7-11-29(30)33-31(32(34)36(40)41-3)17-18-37(46-33,26-9-5-4-6-10-26)27-13-15-28(16-14-27)43-22-21-42-20-19-38/h4-18,38H,1,19-24H2,2-3H3. The van der Waals surface area contributed by atoms with E-state index in [2.05, 4.69) is 6.58 Å². The Bertz CT molecular complexity index is 1730. The van der Waals surface area contributed by atoms with Crippen LogP contribution >= 0.6 is 0 Å². The summed E-state index contributed by atoms with van der Waals surface area (Å²) >= 11 is 0. The van der Waals surface area contributed by atoms with Gasteiger partial charge >= 0.3 is 11.9 Å². The van der Waals surface area contributed by atoms with Crippen molar-refractivity contribution in [3.63, 3.8) is 0 Å². The van der Waals surface area contributed by atoms with E-state index in [0.29, 0.717) is 41.4 Å². The fraction of sp³-hybridized carbons (Fsp3) is 0.243. The second-order valence-corrected chi connectivity index (χ2v) is 10.5. The molecule has 9 heteroatoms. The number of hydrogen-bond donors (Lipinski definition) is 1. The minimum Gasteiger partial charge on any atom is -0.491 e. The number of carbonyl (C=O) groups is 2. The summed E-state index contributed by atoms with van der Waals surface area (Å²) in [6.45, 7) is 6.06. The molecule has 0 aliphatic carbocycles. The van der Waals surface area contributed by atoms with E-state index in [1.165, 1.54) is 7.11 Å². The lowest BCUT2D eigenvalue weighted by molar-refractivity contribution is -0.139. The van der Waals surface area contributed by atoms with E-state index in [1.54, 1.807) is 6.92 Å². The van der Waals surface area contributed by atoms with Gasteiger partial charge in [0.2, 0.25) is 0 Å². The van der Waals surface area contributed by atoms with Crippen LogP contribution < -0.4 is 14.2 Å². The zero-order valence-electron chi connectivity index (χ0n) is 25.8.